The molecule has 0 rings (SSSR count). The average Bonchev–Trinajstić information content (AvgIpc) is 1.63. The van der Waals surface area contributed by atoms with Gasteiger partial charge in [0.2, 0.25) is 0 Å². The Labute approximate surface area is 57.6 Å². The normalized spacial score (nSPS) is 13.6. The lowest BCUT2D eigenvalue weighted by Gasteiger charge is -1.88. The summed E-state index contributed by atoms with van der Waals surface area (Å²) >= 11 is 0. The van der Waals surface area contributed by atoms with Gasteiger partial charge in [-0.1, -0.05) is 19.6 Å². The second-order valence-electron chi connectivity index (χ2n) is 1.84. The van der Waals surface area contributed by atoms with Crippen LogP contribution in [-0.4, -0.2) is 13.6 Å². The fourth-order valence-corrected chi connectivity index (χ4v) is 0.511. The van der Waals surface area contributed by atoms with E-state index in [1.807, 2.05) is 13.8 Å². The first kappa shape index (κ1) is 8.21. The largest absolute Gasteiger partial charge is 0.262 e. The first-order valence-corrected chi connectivity index (χ1v) is 2.76. The molecule has 0 fully saturated rings. The van der Waals surface area contributed by atoms with Gasteiger partial charge in [-0.3, -0.25) is 4.99 Å². The first-order valence-electron chi connectivity index (χ1n) is 2.76. The molecule has 0 unspecified atom stereocenters. The first-order chi connectivity index (χ1) is 4.16. The summed E-state index contributed by atoms with van der Waals surface area (Å²) in [6.07, 6.45) is 3.29. The van der Waals surface area contributed by atoms with Crippen LogP contribution in [0.4, 0.5) is 0 Å². The molecule has 0 saturated carbocycles. The molecule has 0 aliphatic rings. The highest BCUT2D eigenvalue weighted by molar-refractivity contribution is 6.23. The smallest absolute Gasteiger partial charge is 0.107 e. The van der Waals surface area contributed by atoms with Gasteiger partial charge >= 0.3 is 0 Å². The summed E-state index contributed by atoms with van der Waals surface area (Å²) in [5.41, 5.74) is 1.64. The van der Waals surface area contributed by atoms with Crippen molar-refractivity contribution in [1.29, 1.82) is 0 Å². The van der Waals surface area contributed by atoms with Crippen LogP contribution in [0.1, 0.15) is 13.8 Å². The molecule has 0 amide bonds. The van der Waals surface area contributed by atoms with Crippen molar-refractivity contribution in [3.8, 4) is 0 Å². The molecule has 0 bridgehead atoms. The molecular weight excluding hydrogens is 109 g/mol. The molecule has 2 radical (unpaired) electrons. The second kappa shape index (κ2) is 4.13. The van der Waals surface area contributed by atoms with Crippen LogP contribution in [0.25, 0.3) is 0 Å². The van der Waals surface area contributed by atoms with E-state index in [0.717, 1.165) is 11.2 Å². The predicted molar refractivity (Wildman–Crippen MR) is 42.8 cm³/mol. The van der Waals surface area contributed by atoms with Crippen molar-refractivity contribution in [3.05, 3.63) is 24.3 Å². The maximum atomic E-state index is 5.37. The highest BCUT2D eigenvalue weighted by atomic mass is 14.7. The molecule has 0 atom stereocenters. The minimum absolute atomic E-state index is 0.762. The van der Waals surface area contributed by atoms with Crippen molar-refractivity contribution in [3.63, 3.8) is 0 Å². The maximum Gasteiger partial charge on any atom is 0.107 e. The Kier molecular flexibility index (Phi) is 3.77. The number of hydrogen-bond acceptors (Lipinski definition) is 1. The molecule has 1 nitrogen and oxygen atoms in total. The van der Waals surface area contributed by atoms with Crippen molar-refractivity contribution in [1.82, 2.24) is 0 Å². The number of rotatable bonds is 2. The molecule has 2 heteroatoms. The second-order valence-corrected chi connectivity index (χ2v) is 1.84. The molecule has 0 aromatic rings. The van der Waals surface area contributed by atoms with Crippen LogP contribution < -0.4 is 0 Å². The third-order valence-electron chi connectivity index (χ3n) is 0.731. The van der Waals surface area contributed by atoms with Crippen LogP contribution in [0.5, 0.6) is 0 Å². The predicted octanol–water partition coefficient (Wildman–Crippen LogP) is 1.66. The van der Waals surface area contributed by atoms with Crippen molar-refractivity contribution < 1.29 is 0 Å². The van der Waals surface area contributed by atoms with Gasteiger partial charge in [0.05, 0.1) is 0 Å². The summed E-state index contributed by atoms with van der Waals surface area (Å²) in [7, 11) is 5.37. The van der Waals surface area contributed by atoms with E-state index in [1.165, 1.54) is 6.20 Å². The lowest BCUT2D eigenvalue weighted by atomic mass is 9.97. The van der Waals surface area contributed by atoms with Crippen LogP contribution in [-0.2, 0) is 0 Å². The number of hydrogen-bond donors (Lipinski definition) is 0. The van der Waals surface area contributed by atoms with Gasteiger partial charge in [0.15, 0.2) is 0 Å². The SMILES string of the molecule is [B]/C(C)=C/C(C)=NC=C. The Morgan fingerprint density at radius 3 is 2.44 bits per heavy atom. The third-order valence-corrected chi connectivity index (χ3v) is 0.731. The van der Waals surface area contributed by atoms with E-state index in [9.17, 15) is 0 Å². The fraction of sp³-hybridized carbons (Fsp3) is 0.286. The molecule has 46 valence electrons. The number of aliphatic imine (C=N–C) groups is 1. The molecule has 0 aliphatic carbocycles. The minimum atomic E-state index is 0.762. The Morgan fingerprint density at radius 2 is 2.11 bits per heavy atom. The zero-order valence-electron chi connectivity index (χ0n) is 5.89. The van der Waals surface area contributed by atoms with Crippen LogP contribution in [0.3, 0.4) is 0 Å². The molecule has 0 aromatic heterocycles. The van der Waals surface area contributed by atoms with E-state index in [0.29, 0.717) is 0 Å². The van der Waals surface area contributed by atoms with Crippen molar-refractivity contribution >= 4 is 13.6 Å². The van der Waals surface area contributed by atoms with Gasteiger partial charge in [0.25, 0.3) is 0 Å². The summed E-state index contributed by atoms with van der Waals surface area (Å²) in [5, 5.41) is 0. The summed E-state index contributed by atoms with van der Waals surface area (Å²) in [6, 6.07) is 0. The Balaban J connectivity index is 4.05. The summed E-state index contributed by atoms with van der Waals surface area (Å²) < 4.78 is 0. The van der Waals surface area contributed by atoms with Crippen molar-refractivity contribution in [2.45, 2.75) is 13.8 Å². The van der Waals surface area contributed by atoms with E-state index in [-0.39, 0.29) is 0 Å². The van der Waals surface area contributed by atoms with Gasteiger partial charge < -0.3 is 0 Å². The number of nitrogens with zero attached hydrogens (tertiary/aromatic N) is 1. The molecule has 0 saturated heterocycles. The van der Waals surface area contributed by atoms with Crippen LogP contribution >= 0.6 is 0 Å². The van der Waals surface area contributed by atoms with E-state index in [2.05, 4.69) is 11.6 Å². The van der Waals surface area contributed by atoms with Gasteiger partial charge in [0.1, 0.15) is 7.85 Å². The van der Waals surface area contributed by atoms with Gasteiger partial charge in [-0.15, -0.1) is 5.47 Å². The van der Waals surface area contributed by atoms with Gasteiger partial charge in [0, 0.05) is 11.9 Å². The maximum absolute atomic E-state index is 5.37. The fourth-order valence-electron chi connectivity index (χ4n) is 0.511. The highest BCUT2D eigenvalue weighted by Gasteiger charge is 1.79. The highest BCUT2D eigenvalue weighted by Crippen LogP contribution is 1.86. The summed E-state index contributed by atoms with van der Waals surface area (Å²) in [4.78, 5) is 3.89. The zero-order valence-corrected chi connectivity index (χ0v) is 5.89. The summed E-state index contributed by atoms with van der Waals surface area (Å²) in [5.74, 6) is 0. The van der Waals surface area contributed by atoms with Crippen LogP contribution in [0.2, 0.25) is 0 Å². The quantitative estimate of drug-likeness (QED) is 0.387. The van der Waals surface area contributed by atoms with Crippen LogP contribution in [0.15, 0.2) is 29.3 Å². The van der Waals surface area contributed by atoms with Crippen molar-refractivity contribution in [2.24, 2.45) is 4.99 Å². The van der Waals surface area contributed by atoms with Gasteiger partial charge in [-0.05, 0) is 6.92 Å². The van der Waals surface area contributed by atoms with E-state index in [1.54, 1.807) is 6.08 Å². The molecule has 0 aromatic carbocycles. The molecule has 0 spiro atoms. The topological polar surface area (TPSA) is 12.4 Å². The monoisotopic (exact) mass is 119 g/mol. The Hall–Kier alpha value is -0.785. The van der Waals surface area contributed by atoms with E-state index >= 15 is 0 Å². The average molecular weight is 119 g/mol. The van der Waals surface area contributed by atoms with E-state index in [4.69, 9.17) is 7.85 Å². The third kappa shape index (κ3) is 5.08. The molecule has 9 heavy (non-hydrogen) atoms. The standard InChI is InChI=1S/C7H10BN/c1-4-9-7(3)5-6(2)8/h4-5H,1H2,2-3H3/b6-5+,9-7?. The molecule has 0 N–H and O–H groups in total. The Morgan fingerprint density at radius 1 is 1.56 bits per heavy atom. The van der Waals surface area contributed by atoms with Crippen molar-refractivity contribution in [2.75, 3.05) is 0 Å². The van der Waals surface area contributed by atoms with Gasteiger partial charge in [-0.2, -0.15) is 0 Å². The van der Waals surface area contributed by atoms with E-state index < -0.39 is 0 Å². The zero-order chi connectivity index (χ0) is 7.28. The lowest BCUT2D eigenvalue weighted by molar-refractivity contribution is 1.54. The molecular formula is C7H10BN. The molecule has 0 heterocycles. The summed E-state index contributed by atoms with van der Waals surface area (Å²) in [6.45, 7) is 7.14. The molecule has 0 aliphatic heterocycles. The van der Waals surface area contributed by atoms with Gasteiger partial charge in [-0.25, -0.2) is 0 Å². The Bertz CT molecular complexity index is 152. The number of allylic oxidation sites excluding steroid dienone is 2. The van der Waals surface area contributed by atoms with Crippen LogP contribution in [0, 0.1) is 0 Å². The lowest BCUT2D eigenvalue weighted by Crippen LogP contribution is -1.84. The minimum Gasteiger partial charge on any atom is -0.262 e.